The standard InChI is InChI=1S/C7H4BrClF3NO/c1-3-2-13-6(5(9)4(3)8)14-7(10,11)12/h2H,1H3. The molecule has 0 aliphatic heterocycles. The Hall–Kier alpha value is -0.490. The topological polar surface area (TPSA) is 22.1 Å². The van der Waals surface area contributed by atoms with E-state index in [2.05, 4.69) is 25.7 Å². The van der Waals surface area contributed by atoms with Crippen LogP contribution >= 0.6 is 27.5 Å². The van der Waals surface area contributed by atoms with Crippen LogP contribution in [0.4, 0.5) is 13.2 Å². The van der Waals surface area contributed by atoms with Crippen LogP contribution in [0.15, 0.2) is 10.7 Å². The van der Waals surface area contributed by atoms with E-state index < -0.39 is 12.2 Å². The number of halogens is 5. The van der Waals surface area contributed by atoms with Gasteiger partial charge < -0.3 is 4.74 Å². The molecule has 1 aromatic rings. The molecule has 0 fully saturated rings. The van der Waals surface area contributed by atoms with E-state index in [-0.39, 0.29) is 5.02 Å². The van der Waals surface area contributed by atoms with Gasteiger partial charge in [-0.05, 0) is 28.4 Å². The molecule has 0 saturated carbocycles. The molecule has 0 aromatic carbocycles. The van der Waals surface area contributed by atoms with Crippen LogP contribution in [0.1, 0.15) is 5.56 Å². The molecule has 0 amide bonds. The Morgan fingerprint density at radius 3 is 2.57 bits per heavy atom. The fraction of sp³-hybridized carbons (Fsp3) is 0.286. The molecule has 0 radical (unpaired) electrons. The second-order valence-corrected chi connectivity index (χ2v) is 3.59. The molecule has 14 heavy (non-hydrogen) atoms. The smallest absolute Gasteiger partial charge is 0.386 e. The van der Waals surface area contributed by atoms with Crippen LogP contribution in [0.2, 0.25) is 5.02 Å². The number of aryl methyl sites for hydroxylation is 1. The highest BCUT2D eigenvalue weighted by Gasteiger charge is 2.33. The third-order valence-electron chi connectivity index (χ3n) is 1.31. The van der Waals surface area contributed by atoms with E-state index in [4.69, 9.17) is 11.6 Å². The van der Waals surface area contributed by atoms with Gasteiger partial charge in [0.1, 0.15) is 5.02 Å². The van der Waals surface area contributed by atoms with Crippen molar-refractivity contribution in [3.63, 3.8) is 0 Å². The van der Waals surface area contributed by atoms with Crippen molar-refractivity contribution in [2.24, 2.45) is 0 Å². The predicted molar refractivity (Wildman–Crippen MR) is 48.4 cm³/mol. The number of alkyl halides is 3. The number of hydrogen-bond acceptors (Lipinski definition) is 2. The second-order valence-electron chi connectivity index (χ2n) is 2.42. The summed E-state index contributed by atoms with van der Waals surface area (Å²) in [4.78, 5) is 3.42. The minimum Gasteiger partial charge on any atom is -0.386 e. The lowest BCUT2D eigenvalue weighted by molar-refractivity contribution is -0.276. The molecule has 2 nitrogen and oxygen atoms in total. The van der Waals surface area contributed by atoms with E-state index in [9.17, 15) is 13.2 Å². The maximum atomic E-state index is 11.8. The molecule has 7 heteroatoms. The Morgan fingerprint density at radius 1 is 1.50 bits per heavy atom. The third-order valence-corrected chi connectivity index (χ3v) is 2.92. The highest BCUT2D eigenvalue weighted by Crippen LogP contribution is 2.35. The van der Waals surface area contributed by atoms with Gasteiger partial charge in [-0.2, -0.15) is 0 Å². The van der Waals surface area contributed by atoms with E-state index >= 15 is 0 Å². The summed E-state index contributed by atoms with van der Waals surface area (Å²) in [5.41, 5.74) is 0.629. The van der Waals surface area contributed by atoms with Crippen LogP contribution < -0.4 is 4.74 Å². The van der Waals surface area contributed by atoms with Crippen LogP contribution in [0.5, 0.6) is 5.88 Å². The number of aromatic nitrogens is 1. The first kappa shape index (κ1) is 11.6. The molecule has 78 valence electrons. The lowest BCUT2D eigenvalue weighted by Gasteiger charge is -2.10. The van der Waals surface area contributed by atoms with E-state index in [1.54, 1.807) is 6.92 Å². The minimum absolute atomic E-state index is 0.192. The molecule has 0 spiro atoms. The summed E-state index contributed by atoms with van der Waals surface area (Å²) in [6.07, 6.45) is -3.55. The summed E-state index contributed by atoms with van der Waals surface area (Å²) in [7, 11) is 0. The molecule has 0 N–H and O–H groups in total. The largest absolute Gasteiger partial charge is 0.574 e. The minimum atomic E-state index is -4.79. The van der Waals surface area contributed by atoms with Crippen molar-refractivity contribution in [3.05, 3.63) is 21.3 Å². The maximum absolute atomic E-state index is 11.8. The first-order valence-electron chi connectivity index (χ1n) is 3.37. The molecule has 0 atom stereocenters. The zero-order chi connectivity index (χ0) is 10.9. The average Bonchev–Trinajstić information content (AvgIpc) is 2.04. The van der Waals surface area contributed by atoms with Crippen molar-refractivity contribution in [1.82, 2.24) is 4.98 Å². The Labute approximate surface area is 91.2 Å². The van der Waals surface area contributed by atoms with Gasteiger partial charge in [0.2, 0.25) is 5.88 Å². The lowest BCUT2D eigenvalue weighted by Crippen LogP contribution is -2.18. The predicted octanol–water partition coefficient (Wildman–Crippen LogP) is 3.70. The molecule has 1 rings (SSSR count). The molecule has 0 unspecified atom stereocenters. The van der Waals surface area contributed by atoms with E-state index in [0.29, 0.717) is 10.0 Å². The molecule has 0 aliphatic carbocycles. The molecular formula is C7H4BrClF3NO. The normalized spacial score (nSPS) is 11.6. The fourth-order valence-corrected chi connectivity index (χ4v) is 1.22. The highest BCUT2D eigenvalue weighted by atomic mass is 79.9. The van der Waals surface area contributed by atoms with E-state index in [1.807, 2.05) is 0 Å². The zero-order valence-electron chi connectivity index (χ0n) is 6.82. The zero-order valence-corrected chi connectivity index (χ0v) is 9.16. The molecular weight excluding hydrogens is 286 g/mol. The van der Waals surface area contributed by atoms with Crippen molar-refractivity contribution in [2.75, 3.05) is 0 Å². The second kappa shape index (κ2) is 3.94. The number of hydrogen-bond donors (Lipinski definition) is 0. The summed E-state index contributed by atoms with van der Waals surface area (Å²) in [5, 5.41) is -0.192. The van der Waals surface area contributed by atoms with Crippen LogP contribution in [-0.2, 0) is 0 Å². The fourth-order valence-electron chi connectivity index (χ4n) is 0.717. The summed E-state index contributed by atoms with van der Waals surface area (Å²) in [6.45, 7) is 1.65. The van der Waals surface area contributed by atoms with Gasteiger partial charge in [-0.1, -0.05) is 11.6 Å². The summed E-state index contributed by atoms with van der Waals surface area (Å²) < 4.78 is 39.4. The Kier molecular flexibility index (Phi) is 3.26. The highest BCUT2D eigenvalue weighted by molar-refractivity contribution is 9.10. The van der Waals surface area contributed by atoms with Gasteiger partial charge in [0.25, 0.3) is 0 Å². The van der Waals surface area contributed by atoms with Crippen molar-refractivity contribution < 1.29 is 17.9 Å². The quantitative estimate of drug-likeness (QED) is 0.786. The summed E-state index contributed by atoms with van der Waals surface area (Å²) >= 11 is 8.59. The first-order valence-corrected chi connectivity index (χ1v) is 4.54. The van der Waals surface area contributed by atoms with Crippen molar-refractivity contribution >= 4 is 27.5 Å². The SMILES string of the molecule is Cc1cnc(OC(F)(F)F)c(Cl)c1Br. The summed E-state index contributed by atoms with van der Waals surface area (Å²) in [5.74, 6) is -0.656. The molecule has 0 aliphatic rings. The number of rotatable bonds is 1. The van der Waals surface area contributed by atoms with Gasteiger partial charge in [0, 0.05) is 10.7 Å². The maximum Gasteiger partial charge on any atom is 0.574 e. The molecule has 1 aromatic heterocycles. The van der Waals surface area contributed by atoms with E-state index in [0.717, 1.165) is 0 Å². The van der Waals surface area contributed by atoms with Crippen LogP contribution in [0.3, 0.4) is 0 Å². The third kappa shape index (κ3) is 2.75. The molecule has 1 heterocycles. The Balaban J connectivity index is 3.06. The van der Waals surface area contributed by atoms with Gasteiger partial charge in [-0.15, -0.1) is 13.2 Å². The van der Waals surface area contributed by atoms with Gasteiger partial charge in [0.15, 0.2) is 0 Å². The van der Waals surface area contributed by atoms with Crippen molar-refractivity contribution in [1.29, 1.82) is 0 Å². The number of nitrogens with zero attached hydrogens (tertiary/aromatic N) is 1. The van der Waals surface area contributed by atoms with Gasteiger partial charge in [-0.3, -0.25) is 0 Å². The number of ether oxygens (including phenoxy) is 1. The number of pyridine rings is 1. The van der Waals surface area contributed by atoms with Crippen LogP contribution in [-0.4, -0.2) is 11.3 Å². The van der Waals surface area contributed by atoms with Gasteiger partial charge in [0.05, 0.1) is 0 Å². The average molecular weight is 290 g/mol. The lowest BCUT2D eigenvalue weighted by atomic mass is 10.3. The van der Waals surface area contributed by atoms with Crippen molar-refractivity contribution in [3.8, 4) is 5.88 Å². The Bertz CT molecular complexity index is 356. The van der Waals surface area contributed by atoms with Gasteiger partial charge in [-0.25, -0.2) is 4.98 Å². The molecule has 0 saturated heterocycles. The first-order chi connectivity index (χ1) is 6.31. The molecule has 0 bridgehead atoms. The van der Waals surface area contributed by atoms with Crippen molar-refractivity contribution in [2.45, 2.75) is 13.3 Å². The van der Waals surface area contributed by atoms with E-state index in [1.165, 1.54) is 6.20 Å². The van der Waals surface area contributed by atoms with Gasteiger partial charge >= 0.3 is 6.36 Å². The van der Waals surface area contributed by atoms with Crippen LogP contribution in [0.25, 0.3) is 0 Å². The Morgan fingerprint density at radius 2 is 2.07 bits per heavy atom. The van der Waals surface area contributed by atoms with Crippen LogP contribution in [0, 0.1) is 6.92 Å². The monoisotopic (exact) mass is 289 g/mol. The summed E-state index contributed by atoms with van der Waals surface area (Å²) in [6, 6.07) is 0.